The number of nitrogens with zero attached hydrogens (tertiary/aromatic N) is 4. The van der Waals surface area contributed by atoms with Gasteiger partial charge in [-0.1, -0.05) is 0 Å². The summed E-state index contributed by atoms with van der Waals surface area (Å²) in [6.07, 6.45) is 6.60. The number of aromatic nitrogens is 3. The molecule has 4 nitrogen and oxygen atoms in total. The van der Waals surface area contributed by atoms with Gasteiger partial charge in [-0.05, 0) is 12.1 Å². The molecule has 0 fully saturated rings. The lowest BCUT2D eigenvalue weighted by molar-refractivity contribution is 0.622. The van der Waals surface area contributed by atoms with Crippen LogP contribution in [0.4, 0.5) is 10.1 Å². The molecule has 0 bridgehead atoms. The largest absolute Gasteiger partial charge is 0.378 e. The number of hydrogen-bond acceptors (Lipinski definition) is 3. The molecule has 0 saturated heterocycles. The quantitative estimate of drug-likeness (QED) is 0.706. The van der Waals surface area contributed by atoms with E-state index in [-0.39, 0.29) is 5.82 Å². The number of pyridine rings is 2. The summed E-state index contributed by atoms with van der Waals surface area (Å²) in [6.45, 7) is 0. The molecule has 3 rings (SSSR count). The molecule has 0 N–H and O–H groups in total. The number of imidazole rings is 1. The number of anilines is 1. The molecule has 96 valence electrons. The minimum absolute atomic E-state index is 0.358. The molecule has 0 saturated carbocycles. The fourth-order valence-corrected chi connectivity index (χ4v) is 1.94. The SMILES string of the molecule is CN(C)c1ccn2cc(-c3cncc(F)c3)nc2c1. The fourth-order valence-electron chi connectivity index (χ4n) is 1.94. The van der Waals surface area contributed by atoms with Crippen LogP contribution in [0.25, 0.3) is 16.9 Å². The van der Waals surface area contributed by atoms with E-state index in [2.05, 4.69) is 9.97 Å². The van der Waals surface area contributed by atoms with E-state index in [9.17, 15) is 4.39 Å². The van der Waals surface area contributed by atoms with Crippen LogP contribution < -0.4 is 4.90 Å². The summed E-state index contributed by atoms with van der Waals surface area (Å²) in [5, 5.41) is 0. The van der Waals surface area contributed by atoms with Crippen LogP contribution in [0, 0.1) is 5.82 Å². The van der Waals surface area contributed by atoms with Gasteiger partial charge in [0.05, 0.1) is 11.9 Å². The van der Waals surface area contributed by atoms with Gasteiger partial charge >= 0.3 is 0 Å². The molecule has 0 amide bonds. The predicted molar refractivity (Wildman–Crippen MR) is 72.7 cm³/mol. The van der Waals surface area contributed by atoms with Crippen LogP contribution in [-0.4, -0.2) is 28.5 Å². The highest BCUT2D eigenvalue weighted by atomic mass is 19.1. The lowest BCUT2D eigenvalue weighted by atomic mass is 10.2. The molecule has 5 heteroatoms. The molecule has 3 aromatic heterocycles. The molecular formula is C14H13FN4. The van der Waals surface area contributed by atoms with Crippen molar-refractivity contribution in [1.29, 1.82) is 0 Å². The first-order valence-electron chi connectivity index (χ1n) is 5.90. The lowest BCUT2D eigenvalue weighted by Crippen LogP contribution is -2.08. The van der Waals surface area contributed by atoms with Gasteiger partial charge in [-0.25, -0.2) is 9.37 Å². The van der Waals surface area contributed by atoms with Crippen molar-refractivity contribution in [2.75, 3.05) is 19.0 Å². The summed E-state index contributed by atoms with van der Waals surface area (Å²) in [7, 11) is 3.96. The Balaban J connectivity index is 2.11. The topological polar surface area (TPSA) is 33.4 Å². The molecule has 0 aliphatic heterocycles. The van der Waals surface area contributed by atoms with Crippen LogP contribution in [0.3, 0.4) is 0 Å². The summed E-state index contributed by atoms with van der Waals surface area (Å²) >= 11 is 0. The Morgan fingerprint density at radius 3 is 2.79 bits per heavy atom. The fraction of sp³-hybridized carbons (Fsp3) is 0.143. The van der Waals surface area contributed by atoms with E-state index < -0.39 is 0 Å². The summed E-state index contributed by atoms with van der Waals surface area (Å²) in [5.74, 6) is -0.358. The second-order valence-corrected chi connectivity index (χ2v) is 4.56. The Labute approximate surface area is 110 Å². The van der Waals surface area contributed by atoms with Gasteiger partial charge in [0.2, 0.25) is 0 Å². The first-order valence-corrected chi connectivity index (χ1v) is 5.90. The average molecular weight is 256 g/mol. The molecule has 0 aromatic carbocycles. The number of hydrogen-bond donors (Lipinski definition) is 0. The first-order chi connectivity index (χ1) is 9.13. The van der Waals surface area contributed by atoms with Crippen LogP contribution in [-0.2, 0) is 0 Å². The molecule has 0 unspecified atom stereocenters. The maximum atomic E-state index is 13.2. The van der Waals surface area contributed by atoms with Crippen molar-refractivity contribution >= 4 is 11.3 Å². The van der Waals surface area contributed by atoms with Crippen LogP contribution in [0.1, 0.15) is 0 Å². The van der Waals surface area contributed by atoms with Gasteiger partial charge in [0.25, 0.3) is 0 Å². The normalized spacial score (nSPS) is 10.9. The van der Waals surface area contributed by atoms with Crippen LogP contribution in [0.5, 0.6) is 0 Å². The van der Waals surface area contributed by atoms with Crippen molar-refractivity contribution in [1.82, 2.24) is 14.4 Å². The molecule has 0 atom stereocenters. The number of rotatable bonds is 2. The highest BCUT2D eigenvalue weighted by Crippen LogP contribution is 2.21. The van der Waals surface area contributed by atoms with Crippen molar-refractivity contribution in [3.05, 3.63) is 48.8 Å². The van der Waals surface area contributed by atoms with Crippen LogP contribution in [0.15, 0.2) is 43.0 Å². The maximum Gasteiger partial charge on any atom is 0.142 e. The summed E-state index contributed by atoms with van der Waals surface area (Å²) in [6, 6.07) is 5.42. The Morgan fingerprint density at radius 1 is 1.21 bits per heavy atom. The highest BCUT2D eigenvalue weighted by Gasteiger charge is 2.07. The second kappa shape index (κ2) is 4.35. The third kappa shape index (κ3) is 2.14. The van der Waals surface area contributed by atoms with E-state index in [1.807, 2.05) is 47.9 Å². The summed E-state index contributed by atoms with van der Waals surface area (Å²) < 4.78 is 15.1. The third-order valence-electron chi connectivity index (χ3n) is 2.96. The Bertz CT molecular complexity index is 733. The third-order valence-corrected chi connectivity index (χ3v) is 2.96. The van der Waals surface area contributed by atoms with Gasteiger partial charge in [-0.15, -0.1) is 0 Å². The molecule has 3 aromatic rings. The van der Waals surface area contributed by atoms with Crippen LogP contribution >= 0.6 is 0 Å². The Morgan fingerprint density at radius 2 is 2.05 bits per heavy atom. The van der Waals surface area contributed by atoms with E-state index in [0.717, 1.165) is 11.3 Å². The van der Waals surface area contributed by atoms with Gasteiger partial charge in [-0.2, -0.15) is 0 Å². The first kappa shape index (κ1) is 11.6. The van der Waals surface area contributed by atoms with Crippen molar-refractivity contribution in [3.8, 4) is 11.3 Å². The highest BCUT2D eigenvalue weighted by molar-refractivity contribution is 5.64. The van der Waals surface area contributed by atoms with Crippen molar-refractivity contribution in [3.63, 3.8) is 0 Å². The van der Waals surface area contributed by atoms with E-state index in [4.69, 9.17) is 0 Å². The minimum atomic E-state index is -0.358. The summed E-state index contributed by atoms with van der Waals surface area (Å²) in [5.41, 5.74) is 3.28. The molecule has 0 radical (unpaired) electrons. The molecular weight excluding hydrogens is 243 g/mol. The Hall–Kier alpha value is -2.43. The molecule has 3 heterocycles. The van der Waals surface area contributed by atoms with Gasteiger partial charge < -0.3 is 9.30 Å². The van der Waals surface area contributed by atoms with E-state index in [1.165, 1.54) is 12.3 Å². The lowest BCUT2D eigenvalue weighted by Gasteiger charge is -2.11. The van der Waals surface area contributed by atoms with Gasteiger partial charge in [0, 0.05) is 50.0 Å². The van der Waals surface area contributed by atoms with Crippen molar-refractivity contribution in [2.24, 2.45) is 0 Å². The van der Waals surface area contributed by atoms with E-state index >= 15 is 0 Å². The Kier molecular flexibility index (Phi) is 2.67. The summed E-state index contributed by atoms with van der Waals surface area (Å²) in [4.78, 5) is 10.4. The van der Waals surface area contributed by atoms with Gasteiger partial charge in [0.15, 0.2) is 0 Å². The zero-order valence-electron chi connectivity index (χ0n) is 10.7. The molecule has 0 aliphatic carbocycles. The number of halogens is 1. The maximum absolute atomic E-state index is 13.2. The van der Waals surface area contributed by atoms with Crippen LogP contribution in [0.2, 0.25) is 0 Å². The number of fused-ring (bicyclic) bond motifs is 1. The molecule has 0 spiro atoms. The van der Waals surface area contributed by atoms with E-state index in [0.29, 0.717) is 11.3 Å². The van der Waals surface area contributed by atoms with Gasteiger partial charge in [-0.3, -0.25) is 4.98 Å². The molecule has 0 aliphatic rings. The smallest absolute Gasteiger partial charge is 0.142 e. The predicted octanol–water partition coefficient (Wildman–Crippen LogP) is 2.60. The van der Waals surface area contributed by atoms with Crippen molar-refractivity contribution in [2.45, 2.75) is 0 Å². The minimum Gasteiger partial charge on any atom is -0.378 e. The van der Waals surface area contributed by atoms with Gasteiger partial charge in [0.1, 0.15) is 11.5 Å². The zero-order chi connectivity index (χ0) is 13.4. The van der Waals surface area contributed by atoms with Crippen molar-refractivity contribution < 1.29 is 4.39 Å². The average Bonchev–Trinajstić information content (AvgIpc) is 2.81. The second-order valence-electron chi connectivity index (χ2n) is 4.56. The molecule has 19 heavy (non-hydrogen) atoms. The zero-order valence-corrected chi connectivity index (χ0v) is 10.7. The van der Waals surface area contributed by atoms with E-state index in [1.54, 1.807) is 6.20 Å². The monoisotopic (exact) mass is 256 g/mol. The standard InChI is InChI=1S/C14H13FN4/c1-18(2)12-3-4-19-9-13(17-14(19)6-12)10-5-11(15)8-16-7-10/h3-9H,1-2H3.